The molecule has 2 aliphatic heterocycles. The van der Waals surface area contributed by atoms with Crippen LogP contribution in [-0.2, 0) is 14.6 Å². The van der Waals surface area contributed by atoms with Crippen molar-refractivity contribution >= 4 is 21.6 Å². The highest BCUT2D eigenvalue weighted by molar-refractivity contribution is 7.91. The van der Waals surface area contributed by atoms with E-state index in [0.717, 1.165) is 12.1 Å². The first kappa shape index (κ1) is 17.1. The number of benzene rings is 1. The quantitative estimate of drug-likeness (QED) is 0.832. The minimum absolute atomic E-state index is 0.0606. The van der Waals surface area contributed by atoms with E-state index in [1.54, 1.807) is 0 Å². The van der Waals surface area contributed by atoms with Crippen molar-refractivity contribution in [2.24, 2.45) is 0 Å². The molecule has 3 rings (SSSR count). The molecule has 5 nitrogen and oxygen atoms in total. The van der Waals surface area contributed by atoms with E-state index >= 15 is 0 Å². The first-order valence-corrected chi connectivity index (χ1v) is 9.80. The number of halogens is 2. The highest BCUT2D eigenvalue weighted by Crippen LogP contribution is 2.35. The third-order valence-corrected chi connectivity index (χ3v) is 6.38. The summed E-state index contributed by atoms with van der Waals surface area (Å²) in [7, 11) is -3.10. The van der Waals surface area contributed by atoms with Gasteiger partial charge in [-0.2, -0.15) is 0 Å². The van der Waals surface area contributed by atoms with Crippen LogP contribution in [0.1, 0.15) is 37.7 Å². The lowest BCUT2D eigenvalue weighted by atomic mass is 9.92. The minimum Gasteiger partial charge on any atom is -0.444 e. The second kappa shape index (κ2) is 6.31. The van der Waals surface area contributed by atoms with E-state index in [9.17, 15) is 22.0 Å². The van der Waals surface area contributed by atoms with E-state index in [1.807, 2.05) is 6.92 Å². The molecule has 0 aromatic heterocycles. The molecule has 1 atom stereocenters. The molecule has 2 aliphatic rings. The molecule has 0 aliphatic carbocycles. The molecule has 24 heavy (non-hydrogen) atoms. The van der Waals surface area contributed by atoms with Gasteiger partial charge in [-0.3, -0.25) is 4.90 Å². The summed E-state index contributed by atoms with van der Waals surface area (Å²) < 4.78 is 57.0. The zero-order valence-electron chi connectivity index (χ0n) is 13.3. The summed E-state index contributed by atoms with van der Waals surface area (Å²) in [6.45, 7) is 2.12. The van der Waals surface area contributed by atoms with Gasteiger partial charge in [0.1, 0.15) is 27.6 Å². The van der Waals surface area contributed by atoms with Gasteiger partial charge in [0, 0.05) is 5.56 Å². The first-order valence-electron chi connectivity index (χ1n) is 7.98. The van der Waals surface area contributed by atoms with E-state index in [1.165, 1.54) is 4.90 Å². The maximum atomic E-state index is 14.5. The van der Waals surface area contributed by atoms with Crippen LogP contribution in [0.2, 0.25) is 0 Å². The molecule has 2 saturated heterocycles. The van der Waals surface area contributed by atoms with Gasteiger partial charge in [-0.15, -0.1) is 0 Å². The lowest BCUT2D eigenvalue weighted by molar-refractivity contribution is 0.139. The number of rotatable bonds is 3. The highest BCUT2D eigenvalue weighted by Gasteiger charge is 2.34. The van der Waals surface area contributed by atoms with Crippen molar-refractivity contribution in [3.8, 4) is 0 Å². The first-order chi connectivity index (χ1) is 11.3. The van der Waals surface area contributed by atoms with Gasteiger partial charge in [-0.05, 0) is 37.3 Å². The average Bonchev–Trinajstić information content (AvgIpc) is 2.89. The fourth-order valence-electron chi connectivity index (χ4n) is 3.24. The Hall–Kier alpha value is -1.70. The van der Waals surface area contributed by atoms with Gasteiger partial charge in [0.05, 0.1) is 23.7 Å². The zero-order valence-corrected chi connectivity index (χ0v) is 14.1. The van der Waals surface area contributed by atoms with Crippen LogP contribution in [0.5, 0.6) is 0 Å². The molecule has 132 valence electrons. The average molecular weight is 359 g/mol. The molecule has 0 N–H and O–H groups in total. The second-order valence-corrected chi connectivity index (χ2v) is 8.58. The third-order valence-electron chi connectivity index (χ3n) is 4.67. The van der Waals surface area contributed by atoms with Gasteiger partial charge in [-0.25, -0.2) is 22.0 Å². The lowest BCUT2D eigenvalue weighted by Crippen LogP contribution is -2.26. The maximum Gasteiger partial charge on any atom is 0.414 e. The van der Waals surface area contributed by atoms with Crippen LogP contribution in [0.15, 0.2) is 12.1 Å². The van der Waals surface area contributed by atoms with Crippen molar-refractivity contribution in [3.63, 3.8) is 0 Å². The minimum atomic E-state index is -3.10. The monoisotopic (exact) mass is 359 g/mol. The van der Waals surface area contributed by atoms with Crippen LogP contribution in [0.25, 0.3) is 0 Å². The summed E-state index contributed by atoms with van der Waals surface area (Å²) in [5.41, 5.74) is 0.0337. The SMILES string of the molecule is CC[C@H]1CN(c2cc(F)c(C3CCS(=O)(=O)CC3)c(F)c2)C(=O)O1. The van der Waals surface area contributed by atoms with E-state index in [0.29, 0.717) is 6.42 Å². The van der Waals surface area contributed by atoms with Crippen LogP contribution < -0.4 is 4.90 Å². The van der Waals surface area contributed by atoms with Gasteiger partial charge in [0.15, 0.2) is 0 Å². The van der Waals surface area contributed by atoms with Crippen molar-refractivity contribution in [2.75, 3.05) is 23.0 Å². The predicted octanol–water partition coefficient (Wildman–Crippen LogP) is 2.99. The standard InChI is InChI=1S/C16H19F2NO4S/c1-2-12-9-19(16(20)23-12)11-7-13(17)15(14(18)8-11)10-3-5-24(21,22)6-4-10/h7-8,10,12H,2-6,9H2,1H3/t12-/m0/s1. The molecular weight excluding hydrogens is 340 g/mol. The van der Waals surface area contributed by atoms with Gasteiger partial charge in [0.2, 0.25) is 0 Å². The van der Waals surface area contributed by atoms with Gasteiger partial charge in [0.25, 0.3) is 0 Å². The molecule has 8 heteroatoms. The number of ether oxygens (including phenoxy) is 1. The Morgan fingerprint density at radius 1 is 1.21 bits per heavy atom. The fourth-order valence-corrected chi connectivity index (χ4v) is 4.73. The van der Waals surface area contributed by atoms with E-state index < -0.39 is 33.5 Å². The van der Waals surface area contributed by atoms with Crippen molar-refractivity contribution in [1.82, 2.24) is 0 Å². The smallest absolute Gasteiger partial charge is 0.414 e. The number of hydrogen-bond donors (Lipinski definition) is 0. The largest absolute Gasteiger partial charge is 0.444 e. The Kier molecular flexibility index (Phi) is 4.50. The van der Waals surface area contributed by atoms with Gasteiger partial charge < -0.3 is 4.74 Å². The van der Waals surface area contributed by atoms with E-state index in [-0.39, 0.29) is 48.2 Å². The van der Waals surface area contributed by atoms with Crippen LogP contribution in [-0.4, -0.2) is 38.7 Å². The van der Waals surface area contributed by atoms with Crippen LogP contribution in [0, 0.1) is 11.6 Å². The van der Waals surface area contributed by atoms with Crippen LogP contribution in [0.3, 0.4) is 0 Å². The maximum absolute atomic E-state index is 14.5. The van der Waals surface area contributed by atoms with Gasteiger partial charge >= 0.3 is 6.09 Å². The Balaban J connectivity index is 1.86. The molecule has 0 unspecified atom stereocenters. The Morgan fingerprint density at radius 2 is 1.79 bits per heavy atom. The van der Waals surface area contributed by atoms with E-state index in [2.05, 4.69) is 0 Å². The molecule has 1 amide bonds. The topological polar surface area (TPSA) is 63.7 Å². The number of carbonyl (C=O) groups excluding carboxylic acids is 1. The number of anilines is 1. The summed E-state index contributed by atoms with van der Waals surface area (Å²) >= 11 is 0. The second-order valence-electron chi connectivity index (χ2n) is 6.27. The zero-order chi connectivity index (χ0) is 17.5. The molecule has 1 aromatic carbocycles. The van der Waals surface area contributed by atoms with Crippen LogP contribution in [0.4, 0.5) is 19.3 Å². The normalized spacial score (nSPS) is 24.2. The number of hydrogen-bond acceptors (Lipinski definition) is 4. The van der Waals surface area contributed by atoms with Crippen molar-refractivity contribution in [3.05, 3.63) is 29.3 Å². The molecule has 2 heterocycles. The summed E-state index contributed by atoms with van der Waals surface area (Å²) in [5.74, 6) is -2.08. The molecular formula is C16H19F2NO4S. The lowest BCUT2D eigenvalue weighted by Gasteiger charge is -2.24. The van der Waals surface area contributed by atoms with Crippen molar-refractivity contribution < 1.29 is 26.7 Å². The molecule has 1 aromatic rings. The summed E-state index contributed by atoms with van der Waals surface area (Å²) in [6.07, 6.45) is 0.143. The summed E-state index contributed by atoms with van der Waals surface area (Å²) in [6, 6.07) is 2.25. The number of nitrogens with zero attached hydrogens (tertiary/aromatic N) is 1. The van der Waals surface area contributed by atoms with E-state index in [4.69, 9.17) is 4.74 Å². The molecule has 0 radical (unpaired) electrons. The number of amides is 1. The van der Waals surface area contributed by atoms with Crippen molar-refractivity contribution in [1.29, 1.82) is 0 Å². The van der Waals surface area contributed by atoms with Crippen molar-refractivity contribution in [2.45, 2.75) is 38.2 Å². The van der Waals surface area contributed by atoms with Crippen LogP contribution >= 0.6 is 0 Å². The molecule has 0 saturated carbocycles. The fraction of sp³-hybridized carbons (Fsp3) is 0.562. The Labute approximate surface area is 139 Å². The third kappa shape index (κ3) is 3.24. The number of carbonyl (C=O) groups is 1. The highest BCUT2D eigenvalue weighted by atomic mass is 32.2. The molecule has 0 spiro atoms. The number of cyclic esters (lactones) is 1. The molecule has 2 fully saturated rings. The molecule has 0 bridgehead atoms. The summed E-state index contributed by atoms with van der Waals surface area (Å²) in [5, 5.41) is 0. The Bertz CT molecular complexity index is 728. The van der Waals surface area contributed by atoms with Gasteiger partial charge in [-0.1, -0.05) is 6.92 Å². The Morgan fingerprint density at radius 3 is 2.29 bits per heavy atom. The predicted molar refractivity (Wildman–Crippen MR) is 84.9 cm³/mol. The summed E-state index contributed by atoms with van der Waals surface area (Å²) in [4.78, 5) is 13.0. The number of sulfone groups is 1.